The second-order valence-electron chi connectivity index (χ2n) is 6.10. The zero-order valence-electron chi connectivity index (χ0n) is 16.1. The number of hydrogen-bond donors (Lipinski definition) is 0. The van der Waals surface area contributed by atoms with Gasteiger partial charge in [0.05, 0.1) is 33.2 Å². The monoisotopic (exact) mass is 504 g/mol. The third-order valence-electron chi connectivity index (χ3n) is 4.01. The number of benzene rings is 2. The molecule has 0 saturated carbocycles. The number of halogens is 2. The van der Waals surface area contributed by atoms with Crippen molar-refractivity contribution in [3.63, 3.8) is 0 Å². The Morgan fingerprint density at radius 3 is 2.77 bits per heavy atom. The lowest BCUT2D eigenvalue weighted by molar-refractivity contribution is -0.122. The van der Waals surface area contributed by atoms with Gasteiger partial charge >= 0.3 is 0 Å². The second kappa shape index (κ2) is 10.7. The molecular formula is C22H18BrClN2O3S. The van der Waals surface area contributed by atoms with Crippen LogP contribution in [0.3, 0.4) is 0 Å². The van der Waals surface area contributed by atoms with Crippen molar-refractivity contribution in [3.8, 4) is 18.1 Å². The summed E-state index contributed by atoms with van der Waals surface area (Å²) in [6.07, 6.45) is 7.02. The van der Waals surface area contributed by atoms with Gasteiger partial charge < -0.3 is 9.47 Å². The van der Waals surface area contributed by atoms with E-state index in [1.54, 1.807) is 24.2 Å². The Labute approximate surface area is 193 Å². The van der Waals surface area contributed by atoms with Gasteiger partial charge in [-0.2, -0.15) is 0 Å². The summed E-state index contributed by atoms with van der Waals surface area (Å²) in [7, 11) is 1.60. The molecule has 2 aromatic carbocycles. The first-order chi connectivity index (χ1) is 14.5. The Hall–Kier alpha value is -2.24. The standard InChI is InChI=1S/C22H18BrClN2O3S/c1-3-10-29-20-17(23)12-15(13-18(20)24)14-19-21(27)26(9-11-28-2)22(30-19)25-16-7-5-4-6-8-16/h1,4-8,12-14H,9-11H2,2H3. The number of ether oxygens (including phenoxy) is 2. The van der Waals surface area contributed by atoms with Crippen molar-refractivity contribution in [1.82, 2.24) is 4.90 Å². The number of methoxy groups -OCH3 is 1. The molecule has 1 fully saturated rings. The molecule has 0 bridgehead atoms. The molecule has 1 aliphatic rings. The van der Waals surface area contributed by atoms with Crippen LogP contribution in [0.15, 0.2) is 56.8 Å². The molecule has 0 N–H and O–H groups in total. The molecule has 0 aliphatic carbocycles. The summed E-state index contributed by atoms with van der Waals surface area (Å²) in [5.41, 5.74) is 1.53. The van der Waals surface area contributed by atoms with Gasteiger partial charge in [0.2, 0.25) is 0 Å². The quantitative estimate of drug-likeness (QED) is 0.375. The molecule has 154 valence electrons. The molecule has 0 unspecified atom stereocenters. The van der Waals surface area contributed by atoms with E-state index in [0.29, 0.717) is 38.5 Å². The first kappa shape index (κ1) is 22.4. The maximum atomic E-state index is 13.0. The van der Waals surface area contributed by atoms with Crippen LogP contribution in [0.4, 0.5) is 5.69 Å². The number of thioether (sulfide) groups is 1. The van der Waals surface area contributed by atoms with Crippen LogP contribution in [0.1, 0.15) is 5.56 Å². The summed E-state index contributed by atoms with van der Waals surface area (Å²) in [6, 6.07) is 13.1. The predicted molar refractivity (Wildman–Crippen MR) is 126 cm³/mol. The number of carbonyl (C=O) groups is 1. The van der Waals surface area contributed by atoms with E-state index in [1.807, 2.05) is 36.4 Å². The van der Waals surface area contributed by atoms with E-state index < -0.39 is 0 Å². The van der Waals surface area contributed by atoms with Crippen molar-refractivity contribution < 1.29 is 14.3 Å². The van der Waals surface area contributed by atoms with Gasteiger partial charge in [-0.15, -0.1) is 6.42 Å². The first-order valence-corrected chi connectivity index (χ1v) is 10.9. The van der Waals surface area contributed by atoms with Crippen LogP contribution >= 0.6 is 39.3 Å². The Balaban J connectivity index is 1.92. The molecule has 1 amide bonds. The van der Waals surface area contributed by atoms with Crippen LogP contribution in [0.25, 0.3) is 6.08 Å². The lowest BCUT2D eigenvalue weighted by Gasteiger charge is -2.14. The summed E-state index contributed by atoms with van der Waals surface area (Å²) >= 11 is 11.1. The summed E-state index contributed by atoms with van der Waals surface area (Å²) in [5.74, 6) is 2.74. The van der Waals surface area contributed by atoms with Gasteiger partial charge in [0, 0.05) is 7.11 Å². The van der Waals surface area contributed by atoms with E-state index >= 15 is 0 Å². The number of nitrogens with zero attached hydrogens (tertiary/aromatic N) is 2. The molecule has 8 heteroatoms. The number of carbonyl (C=O) groups excluding carboxylic acids is 1. The molecule has 1 heterocycles. The normalized spacial score (nSPS) is 16.3. The van der Waals surface area contributed by atoms with Crippen molar-refractivity contribution in [2.24, 2.45) is 4.99 Å². The first-order valence-electron chi connectivity index (χ1n) is 8.93. The molecule has 0 aromatic heterocycles. The molecular weight excluding hydrogens is 488 g/mol. The fourth-order valence-corrected chi connectivity index (χ4v) is 4.66. The largest absolute Gasteiger partial charge is 0.478 e. The van der Waals surface area contributed by atoms with E-state index in [0.717, 1.165) is 11.3 Å². The predicted octanol–water partition coefficient (Wildman–Crippen LogP) is 5.36. The van der Waals surface area contributed by atoms with E-state index in [4.69, 9.17) is 27.5 Å². The molecule has 1 aliphatic heterocycles. The van der Waals surface area contributed by atoms with Crippen molar-refractivity contribution >= 4 is 62.1 Å². The van der Waals surface area contributed by atoms with E-state index in [-0.39, 0.29) is 12.5 Å². The van der Waals surface area contributed by atoms with Gasteiger partial charge in [-0.05, 0) is 63.6 Å². The van der Waals surface area contributed by atoms with Crippen molar-refractivity contribution in [3.05, 3.63) is 62.4 Å². The minimum atomic E-state index is -0.133. The number of aliphatic imine (C=N–C) groups is 1. The highest BCUT2D eigenvalue weighted by atomic mass is 79.9. The van der Waals surface area contributed by atoms with Gasteiger partial charge in [0.25, 0.3) is 5.91 Å². The fourth-order valence-electron chi connectivity index (χ4n) is 2.65. The fraction of sp³-hybridized carbons (Fsp3) is 0.182. The highest BCUT2D eigenvalue weighted by Gasteiger charge is 2.33. The maximum Gasteiger partial charge on any atom is 0.266 e. The van der Waals surface area contributed by atoms with Crippen molar-refractivity contribution in [2.75, 3.05) is 26.9 Å². The minimum absolute atomic E-state index is 0.112. The molecule has 1 saturated heterocycles. The van der Waals surface area contributed by atoms with Gasteiger partial charge in [-0.1, -0.05) is 35.7 Å². The summed E-state index contributed by atoms with van der Waals surface area (Å²) in [5, 5.41) is 1.00. The minimum Gasteiger partial charge on any atom is -0.478 e. The zero-order chi connectivity index (χ0) is 21.5. The number of para-hydroxylation sites is 1. The van der Waals surface area contributed by atoms with E-state index in [1.165, 1.54) is 11.8 Å². The molecule has 2 aromatic rings. The Kier molecular flexibility index (Phi) is 8.00. The third-order valence-corrected chi connectivity index (χ3v) is 5.88. The summed E-state index contributed by atoms with van der Waals surface area (Å²) in [6.45, 7) is 0.932. The molecule has 0 atom stereocenters. The Bertz CT molecular complexity index is 1010. The van der Waals surface area contributed by atoms with E-state index in [9.17, 15) is 4.79 Å². The van der Waals surface area contributed by atoms with Crippen LogP contribution in [-0.2, 0) is 9.53 Å². The number of amidine groups is 1. The molecule has 5 nitrogen and oxygen atoms in total. The van der Waals surface area contributed by atoms with Crippen LogP contribution in [0.5, 0.6) is 5.75 Å². The van der Waals surface area contributed by atoms with Crippen LogP contribution in [-0.4, -0.2) is 42.8 Å². The maximum absolute atomic E-state index is 13.0. The number of terminal acetylenes is 1. The number of amides is 1. The highest BCUT2D eigenvalue weighted by Crippen LogP contribution is 2.38. The van der Waals surface area contributed by atoms with Gasteiger partial charge in [-0.25, -0.2) is 4.99 Å². The summed E-state index contributed by atoms with van der Waals surface area (Å²) in [4.78, 5) is 19.8. The smallest absolute Gasteiger partial charge is 0.266 e. The van der Waals surface area contributed by atoms with Crippen LogP contribution in [0, 0.1) is 12.3 Å². The highest BCUT2D eigenvalue weighted by molar-refractivity contribution is 9.10. The molecule has 0 radical (unpaired) electrons. The molecule has 3 rings (SSSR count). The van der Waals surface area contributed by atoms with Gasteiger partial charge in [0.1, 0.15) is 6.61 Å². The lowest BCUT2D eigenvalue weighted by Crippen LogP contribution is -2.32. The topological polar surface area (TPSA) is 51.1 Å². The molecule has 0 spiro atoms. The third kappa shape index (κ3) is 5.46. The van der Waals surface area contributed by atoms with Crippen LogP contribution in [0.2, 0.25) is 5.02 Å². The Morgan fingerprint density at radius 2 is 2.10 bits per heavy atom. The number of hydrogen-bond acceptors (Lipinski definition) is 5. The van der Waals surface area contributed by atoms with Crippen molar-refractivity contribution in [2.45, 2.75) is 0 Å². The van der Waals surface area contributed by atoms with Crippen LogP contribution < -0.4 is 4.74 Å². The second-order valence-corrected chi connectivity index (χ2v) is 8.37. The summed E-state index contributed by atoms with van der Waals surface area (Å²) < 4.78 is 11.3. The molecule has 30 heavy (non-hydrogen) atoms. The zero-order valence-corrected chi connectivity index (χ0v) is 19.3. The van der Waals surface area contributed by atoms with Crippen molar-refractivity contribution in [1.29, 1.82) is 0 Å². The lowest BCUT2D eigenvalue weighted by atomic mass is 10.2. The average molecular weight is 506 g/mol. The van der Waals surface area contributed by atoms with Gasteiger partial charge in [0.15, 0.2) is 10.9 Å². The van der Waals surface area contributed by atoms with Gasteiger partial charge in [-0.3, -0.25) is 9.69 Å². The van der Waals surface area contributed by atoms with E-state index in [2.05, 4.69) is 26.8 Å². The average Bonchev–Trinajstić information content (AvgIpc) is 3.01. The number of rotatable bonds is 7. The Morgan fingerprint density at radius 1 is 1.33 bits per heavy atom. The SMILES string of the molecule is C#CCOc1c(Cl)cc(C=C2SC(=Nc3ccccc3)N(CCOC)C2=O)cc1Br.